The summed E-state index contributed by atoms with van der Waals surface area (Å²) in [6.07, 6.45) is 4.07. The lowest BCUT2D eigenvalue weighted by Gasteiger charge is -2.13. The molecule has 0 aromatic heterocycles. The van der Waals surface area contributed by atoms with E-state index in [2.05, 4.69) is 6.92 Å². The second-order valence-corrected chi connectivity index (χ2v) is 5.01. The van der Waals surface area contributed by atoms with E-state index in [1.807, 2.05) is 6.92 Å². The van der Waals surface area contributed by atoms with Crippen LogP contribution in [0.2, 0.25) is 0 Å². The number of unbranched alkanes of at least 4 members (excludes halogenated alkanes) is 2. The molecule has 0 fully saturated rings. The molecular weight excluding hydrogens is 268 g/mol. The number of carbonyl (C=O) groups excluding carboxylic acids is 2. The van der Waals surface area contributed by atoms with E-state index in [1.165, 1.54) is 6.07 Å². The minimum absolute atomic E-state index is 0.115. The highest BCUT2D eigenvalue weighted by atomic mass is 16.5. The van der Waals surface area contributed by atoms with Crippen molar-refractivity contribution in [1.29, 1.82) is 0 Å². The number of hydrogen-bond acceptors (Lipinski definition) is 4. The molecule has 1 unspecified atom stereocenters. The lowest BCUT2D eigenvalue weighted by atomic mass is 10.1. The first kappa shape index (κ1) is 17.2. The molecule has 1 atom stereocenters. The van der Waals surface area contributed by atoms with E-state index in [-0.39, 0.29) is 6.10 Å². The van der Waals surface area contributed by atoms with Gasteiger partial charge in [-0.05, 0) is 44.9 Å². The molecule has 1 rings (SSSR count). The van der Waals surface area contributed by atoms with Crippen LogP contribution >= 0.6 is 0 Å². The Balaban J connectivity index is 2.61. The molecule has 1 aromatic rings. The standard InChI is InChI=1S/C17H24O4/c1-4-6-7-9-13(3)21-17(19)15-11-8-10-14(12-15)16(18)20-5-2/h8,10-13H,4-7,9H2,1-3H3. The fraction of sp³-hybridized carbons (Fsp3) is 0.529. The smallest absolute Gasteiger partial charge is 0.338 e. The molecule has 0 saturated heterocycles. The second kappa shape index (κ2) is 9.16. The van der Waals surface area contributed by atoms with Crippen LogP contribution in [-0.4, -0.2) is 24.6 Å². The van der Waals surface area contributed by atoms with E-state index in [1.54, 1.807) is 25.1 Å². The maximum atomic E-state index is 12.0. The van der Waals surface area contributed by atoms with Gasteiger partial charge in [0.15, 0.2) is 0 Å². The van der Waals surface area contributed by atoms with Crippen molar-refractivity contribution in [1.82, 2.24) is 0 Å². The molecule has 4 heteroatoms. The number of rotatable bonds is 8. The van der Waals surface area contributed by atoms with Crippen molar-refractivity contribution in [3.63, 3.8) is 0 Å². The van der Waals surface area contributed by atoms with Crippen LogP contribution in [0.4, 0.5) is 0 Å². The molecule has 0 saturated carbocycles. The maximum absolute atomic E-state index is 12.0. The van der Waals surface area contributed by atoms with E-state index >= 15 is 0 Å². The molecule has 0 aliphatic rings. The Hall–Kier alpha value is -1.84. The van der Waals surface area contributed by atoms with Gasteiger partial charge in [-0.1, -0.05) is 25.8 Å². The quantitative estimate of drug-likeness (QED) is 0.537. The normalized spacial score (nSPS) is 11.8. The Morgan fingerprint density at radius 2 is 1.76 bits per heavy atom. The maximum Gasteiger partial charge on any atom is 0.338 e. The first-order valence-electron chi connectivity index (χ1n) is 7.56. The van der Waals surface area contributed by atoms with Crippen LogP contribution in [0.15, 0.2) is 24.3 Å². The molecule has 116 valence electrons. The summed E-state index contributed by atoms with van der Waals surface area (Å²) in [5.41, 5.74) is 0.743. The Bertz CT molecular complexity index is 468. The highest BCUT2D eigenvalue weighted by Gasteiger charge is 2.14. The average molecular weight is 292 g/mol. The topological polar surface area (TPSA) is 52.6 Å². The Morgan fingerprint density at radius 1 is 1.10 bits per heavy atom. The van der Waals surface area contributed by atoms with Gasteiger partial charge >= 0.3 is 11.9 Å². The number of carbonyl (C=O) groups is 2. The van der Waals surface area contributed by atoms with E-state index in [9.17, 15) is 9.59 Å². The van der Waals surface area contributed by atoms with Gasteiger partial charge in [-0.15, -0.1) is 0 Å². The van der Waals surface area contributed by atoms with Crippen molar-refractivity contribution in [3.05, 3.63) is 35.4 Å². The molecule has 0 aliphatic carbocycles. The summed E-state index contributed by atoms with van der Waals surface area (Å²) in [6.45, 7) is 6.08. The van der Waals surface area contributed by atoms with Gasteiger partial charge in [0, 0.05) is 0 Å². The molecule has 1 aromatic carbocycles. The predicted octanol–water partition coefficient (Wildman–Crippen LogP) is 3.99. The van der Waals surface area contributed by atoms with E-state index < -0.39 is 11.9 Å². The zero-order chi connectivity index (χ0) is 15.7. The molecule has 0 aliphatic heterocycles. The van der Waals surface area contributed by atoms with Crippen LogP contribution in [0.3, 0.4) is 0 Å². The molecule has 21 heavy (non-hydrogen) atoms. The van der Waals surface area contributed by atoms with Crippen LogP contribution < -0.4 is 0 Å². The first-order chi connectivity index (χ1) is 10.1. The molecule has 0 heterocycles. The summed E-state index contributed by atoms with van der Waals surface area (Å²) < 4.78 is 10.3. The lowest BCUT2D eigenvalue weighted by Crippen LogP contribution is -2.15. The van der Waals surface area contributed by atoms with Gasteiger partial charge in [-0.2, -0.15) is 0 Å². The monoisotopic (exact) mass is 292 g/mol. The van der Waals surface area contributed by atoms with Gasteiger partial charge in [0.2, 0.25) is 0 Å². The van der Waals surface area contributed by atoms with Crippen LogP contribution in [-0.2, 0) is 9.47 Å². The highest BCUT2D eigenvalue weighted by Crippen LogP contribution is 2.12. The Labute approximate surface area is 126 Å². The summed E-state index contributed by atoms with van der Waals surface area (Å²) in [7, 11) is 0. The lowest BCUT2D eigenvalue weighted by molar-refractivity contribution is 0.0319. The van der Waals surface area contributed by atoms with Crippen LogP contribution in [0.25, 0.3) is 0 Å². The van der Waals surface area contributed by atoms with Gasteiger partial charge in [-0.3, -0.25) is 0 Å². The molecule has 4 nitrogen and oxygen atoms in total. The number of ether oxygens (including phenoxy) is 2. The van der Waals surface area contributed by atoms with Gasteiger partial charge in [0.1, 0.15) is 0 Å². The van der Waals surface area contributed by atoms with Crippen molar-refractivity contribution in [2.75, 3.05) is 6.61 Å². The highest BCUT2D eigenvalue weighted by molar-refractivity contribution is 5.95. The molecule has 0 radical (unpaired) electrons. The summed E-state index contributed by atoms with van der Waals surface area (Å²) in [5.74, 6) is -0.826. The van der Waals surface area contributed by atoms with Gasteiger partial charge < -0.3 is 9.47 Å². The second-order valence-electron chi connectivity index (χ2n) is 5.01. The summed E-state index contributed by atoms with van der Waals surface area (Å²) >= 11 is 0. The predicted molar refractivity (Wildman–Crippen MR) is 81.4 cm³/mol. The third kappa shape index (κ3) is 5.98. The molecular formula is C17H24O4. The van der Waals surface area contributed by atoms with Crippen LogP contribution in [0.1, 0.15) is 67.2 Å². The van der Waals surface area contributed by atoms with Crippen LogP contribution in [0, 0.1) is 0 Å². The summed E-state index contributed by atoms with van der Waals surface area (Å²) in [6, 6.07) is 6.44. The largest absolute Gasteiger partial charge is 0.462 e. The summed E-state index contributed by atoms with van der Waals surface area (Å²) in [4.78, 5) is 23.7. The van der Waals surface area contributed by atoms with Crippen molar-refractivity contribution in [2.45, 2.75) is 52.6 Å². The van der Waals surface area contributed by atoms with Crippen molar-refractivity contribution < 1.29 is 19.1 Å². The van der Waals surface area contributed by atoms with Gasteiger partial charge in [-0.25, -0.2) is 9.59 Å². The van der Waals surface area contributed by atoms with Crippen molar-refractivity contribution >= 4 is 11.9 Å². The first-order valence-corrected chi connectivity index (χ1v) is 7.56. The van der Waals surface area contributed by atoms with Crippen molar-refractivity contribution in [2.24, 2.45) is 0 Å². The zero-order valence-electron chi connectivity index (χ0n) is 13.1. The average Bonchev–Trinajstić information content (AvgIpc) is 2.48. The number of esters is 2. The third-order valence-corrected chi connectivity index (χ3v) is 3.13. The molecule has 0 N–H and O–H groups in total. The Morgan fingerprint density at radius 3 is 2.38 bits per heavy atom. The minimum Gasteiger partial charge on any atom is -0.462 e. The Kier molecular flexibility index (Phi) is 7.51. The van der Waals surface area contributed by atoms with E-state index in [4.69, 9.17) is 9.47 Å². The molecule has 0 spiro atoms. The van der Waals surface area contributed by atoms with Crippen molar-refractivity contribution in [3.8, 4) is 0 Å². The SMILES string of the molecule is CCCCCC(C)OC(=O)c1cccc(C(=O)OCC)c1. The number of hydrogen-bond donors (Lipinski definition) is 0. The fourth-order valence-electron chi connectivity index (χ4n) is 1.98. The van der Waals surface area contributed by atoms with Gasteiger partial charge in [0.05, 0.1) is 23.8 Å². The number of benzene rings is 1. The van der Waals surface area contributed by atoms with Crippen LogP contribution in [0.5, 0.6) is 0 Å². The summed E-state index contributed by atoms with van der Waals surface area (Å²) in [5, 5.41) is 0. The minimum atomic E-state index is -0.428. The third-order valence-electron chi connectivity index (χ3n) is 3.13. The molecule has 0 bridgehead atoms. The van der Waals surface area contributed by atoms with Gasteiger partial charge in [0.25, 0.3) is 0 Å². The molecule has 0 amide bonds. The fourth-order valence-corrected chi connectivity index (χ4v) is 1.98. The van der Waals surface area contributed by atoms with E-state index in [0.717, 1.165) is 25.7 Å². The zero-order valence-corrected chi connectivity index (χ0v) is 13.1. The van der Waals surface area contributed by atoms with E-state index in [0.29, 0.717) is 17.7 Å².